The number of ether oxygens (including phenoxy) is 1. The lowest BCUT2D eigenvalue weighted by atomic mass is 9.99. The Morgan fingerprint density at radius 2 is 2.11 bits per heavy atom. The van der Waals surface area contributed by atoms with E-state index in [9.17, 15) is 9.90 Å². The van der Waals surface area contributed by atoms with Gasteiger partial charge in [0.25, 0.3) is 5.91 Å². The molecular formula is C15H21NO3. The van der Waals surface area contributed by atoms with Crippen LogP contribution in [0.25, 0.3) is 0 Å². The van der Waals surface area contributed by atoms with Crippen LogP contribution in [0, 0.1) is 0 Å². The Morgan fingerprint density at radius 1 is 1.47 bits per heavy atom. The molecular weight excluding hydrogens is 242 g/mol. The van der Waals surface area contributed by atoms with Crippen LogP contribution in [0.5, 0.6) is 5.75 Å². The minimum Gasteiger partial charge on any atom is -0.490 e. The van der Waals surface area contributed by atoms with E-state index in [1.54, 1.807) is 30.3 Å². The molecule has 0 saturated heterocycles. The lowest BCUT2D eigenvalue weighted by molar-refractivity contribution is 0.0847. The fraction of sp³-hybridized carbons (Fsp3) is 0.400. The second-order valence-corrected chi connectivity index (χ2v) is 4.65. The number of benzene rings is 1. The summed E-state index contributed by atoms with van der Waals surface area (Å²) in [7, 11) is 0. The number of amides is 1. The molecule has 1 rings (SSSR count). The van der Waals surface area contributed by atoms with E-state index < -0.39 is 5.54 Å². The topological polar surface area (TPSA) is 58.6 Å². The summed E-state index contributed by atoms with van der Waals surface area (Å²) < 4.78 is 5.34. The molecule has 1 amide bonds. The first-order valence-electron chi connectivity index (χ1n) is 6.32. The van der Waals surface area contributed by atoms with Crippen LogP contribution in [0.3, 0.4) is 0 Å². The zero-order valence-corrected chi connectivity index (χ0v) is 11.5. The molecule has 1 unspecified atom stereocenters. The van der Waals surface area contributed by atoms with E-state index in [4.69, 9.17) is 4.74 Å². The highest BCUT2D eigenvalue weighted by atomic mass is 16.5. The molecule has 4 heteroatoms. The molecule has 0 radical (unpaired) electrons. The highest BCUT2D eigenvalue weighted by Crippen LogP contribution is 2.14. The van der Waals surface area contributed by atoms with Crippen molar-refractivity contribution in [3.8, 4) is 5.75 Å². The first-order valence-corrected chi connectivity index (χ1v) is 6.32. The zero-order chi connectivity index (χ0) is 14.3. The Kier molecular flexibility index (Phi) is 5.57. The van der Waals surface area contributed by atoms with Crippen LogP contribution >= 0.6 is 0 Å². The van der Waals surface area contributed by atoms with Gasteiger partial charge in [-0.25, -0.2) is 0 Å². The van der Waals surface area contributed by atoms with Gasteiger partial charge in [-0.1, -0.05) is 19.6 Å². The predicted octanol–water partition coefficient (Wildman–Crippen LogP) is 2.14. The van der Waals surface area contributed by atoms with E-state index in [2.05, 4.69) is 11.9 Å². The number of nitrogens with one attached hydrogen (secondary N) is 1. The lowest BCUT2D eigenvalue weighted by Gasteiger charge is -2.27. The minimum atomic E-state index is -0.588. The molecule has 1 aromatic carbocycles. The average molecular weight is 263 g/mol. The molecule has 2 N–H and O–H groups in total. The van der Waals surface area contributed by atoms with Gasteiger partial charge in [0, 0.05) is 5.56 Å². The van der Waals surface area contributed by atoms with Crippen LogP contribution in [-0.2, 0) is 0 Å². The number of carbonyl (C=O) groups excluding carboxylic acids is 1. The first-order chi connectivity index (χ1) is 9.04. The van der Waals surface area contributed by atoms with Crippen LogP contribution in [0.1, 0.15) is 30.6 Å². The number of hydrogen-bond acceptors (Lipinski definition) is 3. The summed E-state index contributed by atoms with van der Waals surface area (Å²) in [6.45, 7) is 7.65. The zero-order valence-electron chi connectivity index (χ0n) is 11.5. The van der Waals surface area contributed by atoms with Gasteiger partial charge in [-0.2, -0.15) is 0 Å². The Balaban J connectivity index is 2.70. The number of aliphatic hydroxyl groups excluding tert-OH is 1. The normalized spacial score (nSPS) is 13.4. The Hall–Kier alpha value is -1.81. The van der Waals surface area contributed by atoms with Crippen LogP contribution in [-0.4, -0.2) is 29.8 Å². The highest BCUT2D eigenvalue weighted by molar-refractivity contribution is 5.94. The van der Waals surface area contributed by atoms with E-state index in [1.165, 1.54) is 0 Å². The summed E-state index contributed by atoms with van der Waals surface area (Å²) in [6, 6.07) is 6.86. The third kappa shape index (κ3) is 4.41. The molecule has 0 aromatic heterocycles. The molecule has 0 spiro atoms. The van der Waals surface area contributed by atoms with Crippen molar-refractivity contribution in [3.05, 3.63) is 42.5 Å². The molecule has 0 aliphatic rings. The van der Waals surface area contributed by atoms with Gasteiger partial charge in [0.1, 0.15) is 12.4 Å². The Morgan fingerprint density at radius 3 is 2.58 bits per heavy atom. The molecule has 104 valence electrons. The summed E-state index contributed by atoms with van der Waals surface area (Å²) >= 11 is 0. The monoisotopic (exact) mass is 263 g/mol. The SMILES string of the molecule is C=CCOc1ccc(C(=O)NC(C)(CC)CO)cc1. The molecule has 0 aliphatic carbocycles. The van der Waals surface area contributed by atoms with Crippen molar-refractivity contribution >= 4 is 5.91 Å². The smallest absolute Gasteiger partial charge is 0.251 e. The van der Waals surface area contributed by atoms with Gasteiger partial charge in [-0.15, -0.1) is 0 Å². The van der Waals surface area contributed by atoms with Gasteiger partial charge in [0.15, 0.2) is 0 Å². The molecule has 0 aliphatic heterocycles. The Labute approximate surface area is 114 Å². The van der Waals surface area contributed by atoms with Gasteiger partial charge >= 0.3 is 0 Å². The fourth-order valence-corrected chi connectivity index (χ4v) is 1.44. The lowest BCUT2D eigenvalue weighted by Crippen LogP contribution is -2.48. The van der Waals surface area contributed by atoms with Gasteiger partial charge in [0.05, 0.1) is 12.1 Å². The molecule has 4 nitrogen and oxygen atoms in total. The van der Waals surface area contributed by atoms with Crippen LogP contribution in [0.15, 0.2) is 36.9 Å². The standard InChI is InChI=1S/C15H21NO3/c1-4-10-19-13-8-6-12(7-9-13)14(18)16-15(3,5-2)11-17/h4,6-9,17H,1,5,10-11H2,2-3H3,(H,16,18). The Bertz CT molecular complexity index is 422. The number of aliphatic hydroxyl groups is 1. The minimum absolute atomic E-state index is 0.0875. The molecule has 0 bridgehead atoms. The third-order valence-corrected chi connectivity index (χ3v) is 3.03. The average Bonchev–Trinajstić information content (AvgIpc) is 2.45. The molecule has 1 atom stereocenters. The maximum absolute atomic E-state index is 12.0. The number of hydrogen-bond donors (Lipinski definition) is 2. The fourth-order valence-electron chi connectivity index (χ4n) is 1.44. The summed E-state index contributed by atoms with van der Waals surface area (Å²) in [5.74, 6) is 0.491. The van der Waals surface area contributed by atoms with Crippen molar-refractivity contribution in [2.45, 2.75) is 25.8 Å². The first kappa shape index (κ1) is 15.2. The third-order valence-electron chi connectivity index (χ3n) is 3.03. The van der Waals surface area contributed by atoms with Crippen molar-refractivity contribution < 1.29 is 14.6 Å². The number of carbonyl (C=O) groups is 1. The van der Waals surface area contributed by atoms with Gasteiger partial charge in [-0.05, 0) is 37.6 Å². The van der Waals surface area contributed by atoms with Crippen molar-refractivity contribution in [2.75, 3.05) is 13.2 Å². The maximum Gasteiger partial charge on any atom is 0.251 e. The van der Waals surface area contributed by atoms with Gasteiger partial charge in [0.2, 0.25) is 0 Å². The largest absolute Gasteiger partial charge is 0.490 e. The molecule has 0 saturated carbocycles. The molecule has 0 fully saturated rings. The summed E-state index contributed by atoms with van der Waals surface area (Å²) in [5, 5.41) is 12.1. The van der Waals surface area contributed by atoms with Gasteiger partial charge in [-0.3, -0.25) is 4.79 Å². The van der Waals surface area contributed by atoms with E-state index in [0.29, 0.717) is 24.3 Å². The van der Waals surface area contributed by atoms with Crippen LogP contribution in [0.2, 0.25) is 0 Å². The van der Waals surface area contributed by atoms with Crippen LogP contribution < -0.4 is 10.1 Å². The molecule has 19 heavy (non-hydrogen) atoms. The predicted molar refractivity (Wildman–Crippen MR) is 75.4 cm³/mol. The summed E-state index contributed by atoms with van der Waals surface area (Å²) in [5.41, 5.74) is -0.0474. The number of rotatable bonds is 7. The second-order valence-electron chi connectivity index (χ2n) is 4.65. The quantitative estimate of drug-likeness (QED) is 0.741. The molecule has 0 heterocycles. The van der Waals surface area contributed by atoms with Gasteiger partial charge < -0.3 is 15.2 Å². The molecule has 1 aromatic rings. The summed E-state index contributed by atoms with van der Waals surface area (Å²) in [4.78, 5) is 12.0. The second kappa shape index (κ2) is 6.95. The van der Waals surface area contributed by atoms with E-state index in [1.807, 2.05) is 13.8 Å². The van der Waals surface area contributed by atoms with Crippen molar-refractivity contribution in [3.63, 3.8) is 0 Å². The van der Waals surface area contributed by atoms with Crippen molar-refractivity contribution in [1.29, 1.82) is 0 Å². The summed E-state index contributed by atoms with van der Waals surface area (Å²) in [6.07, 6.45) is 2.32. The maximum atomic E-state index is 12.0. The van der Waals surface area contributed by atoms with Crippen molar-refractivity contribution in [1.82, 2.24) is 5.32 Å². The highest BCUT2D eigenvalue weighted by Gasteiger charge is 2.23. The van der Waals surface area contributed by atoms with E-state index >= 15 is 0 Å². The van der Waals surface area contributed by atoms with Crippen molar-refractivity contribution in [2.24, 2.45) is 0 Å². The van der Waals surface area contributed by atoms with Crippen LogP contribution in [0.4, 0.5) is 0 Å². The van der Waals surface area contributed by atoms with E-state index in [-0.39, 0.29) is 12.5 Å². The van der Waals surface area contributed by atoms with E-state index in [0.717, 1.165) is 0 Å².